The van der Waals surface area contributed by atoms with Crippen LogP contribution in [0.1, 0.15) is 11.5 Å². The molecule has 3 rings (SSSR count). The van der Waals surface area contributed by atoms with E-state index in [1.54, 1.807) is 0 Å². The first kappa shape index (κ1) is 10.8. The third kappa shape index (κ3) is 1.65. The van der Waals surface area contributed by atoms with Crippen molar-refractivity contribution >= 4 is 33.5 Å². The average Bonchev–Trinajstić information content (AvgIpc) is 2.83. The van der Waals surface area contributed by atoms with Gasteiger partial charge in [0.25, 0.3) is 0 Å². The quantitative estimate of drug-likeness (QED) is 0.691. The molecule has 0 bridgehead atoms. The Morgan fingerprint density at radius 1 is 1.29 bits per heavy atom. The SMILES string of the molecule is Cc1noc(C)c1-c1ccc2c(I)n[nH]c2c1. The Bertz CT molecular complexity index is 679. The van der Waals surface area contributed by atoms with E-state index in [2.05, 4.69) is 56.1 Å². The zero-order chi connectivity index (χ0) is 12.0. The Balaban J connectivity index is 2.25. The number of nitrogens with one attached hydrogen (secondary N) is 1. The minimum atomic E-state index is 0.844. The molecule has 0 fully saturated rings. The molecule has 0 saturated heterocycles. The van der Waals surface area contributed by atoms with E-state index in [0.29, 0.717) is 0 Å². The predicted octanol–water partition coefficient (Wildman–Crippen LogP) is 3.44. The number of hydrogen-bond donors (Lipinski definition) is 1. The topological polar surface area (TPSA) is 54.7 Å². The number of rotatable bonds is 1. The van der Waals surface area contributed by atoms with Gasteiger partial charge in [-0.3, -0.25) is 5.10 Å². The number of nitrogens with zero attached hydrogens (tertiary/aromatic N) is 2. The van der Waals surface area contributed by atoms with Crippen LogP contribution in [0.15, 0.2) is 22.7 Å². The molecule has 0 unspecified atom stereocenters. The molecule has 1 aromatic carbocycles. The van der Waals surface area contributed by atoms with Gasteiger partial charge >= 0.3 is 0 Å². The molecule has 0 aliphatic rings. The largest absolute Gasteiger partial charge is 0.361 e. The van der Waals surface area contributed by atoms with Gasteiger partial charge in [0.1, 0.15) is 9.46 Å². The van der Waals surface area contributed by atoms with Crippen LogP contribution in [-0.4, -0.2) is 15.4 Å². The molecular weight excluding hydrogens is 329 g/mol. The van der Waals surface area contributed by atoms with Crippen molar-refractivity contribution in [2.75, 3.05) is 0 Å². The summed E-state index contributed by atoms with van der Waals surface area (Å²) < 4.78 is 6.18. The van der Waals surface area contributed by atoms with E-state index in [0.717, 1.165) is 37.2 Å². The second kappa shape index (κ2) is 3.83. The van der Waals surface area contributed by atoms with Crippen molar-refractivity contribution in [2.24, 2.45) is 0 Å². The van der Waals surface area contributed by atoms with E-state index in [9.17, 15) is 0 Å². The third-order valence-corrected chi connectivity index (χ3v) is 3.66. The number of H-pyrrole nitrogens is 1. The van der Waals surface area contributed by atoms with Gasteiger partial charge < -0.3 is 4.52 Å². The summed E-state index contributed by atoms with van der Waals surface area (Å²) in [6, 6.07) is 6.23. The van der Waals surface area contributed by atoms with Crippen LogP contribution >= 0.6 is 22.6 Å². The highest BCUT2D eigenvalue weighted by Crippen LogP contribution is 2.29. The zero-order valence-electron chi connectivity index (χ0n) is 9.41. The smallest absolute Gasteiger partial charge is 0.141 e. The van der Waals surface area contributed by atoms with Gasteiger partial charge in [-0.1, -0.05) is 11.2 Å². The molecule has 86 valence electrons. The Morgan fingerprint density at radius 2 is 2.12 bits per heavy atom. The van der Waals surface area contributed by atoms with E-state index in [1.807, 2.05) is 13.8 Å². The number of aromatic nitrogens is 3. The summed E-state index contributed by atoms with van der Waals surface area (Å²) >= 11 is 2.22. The lowest BCUT2D eigenvalue weighted by molar-refractivity contribution is 0.393. The van der Waals surface area contributed by atoms with Crippen LogP contribution in [0.5, 0.6) is 0 Å². The Morgan fingerprint density at radius 3 is 2.82 bits per heavy atom. The molecule has 0 aliphatic carbocycles. The van der Waals surface area contributed by atoms with Gasteiger partial charge in [0.15, 0.2) is 0 Å². The van der Waals surface area contributed by atoms with Crippen LogP contribution < -0.4 is 0 Å². The van der Waals surface area contributed by atoms with E-state index in [-0.39, 0.29) is 0 Å². The van der Waals surface area contributed by atoms with Gasteiger partial charge in [-0.05, 0) is 54.1 Å². The Kier molecular flexibility index (Phi) is 2.43. The third-order valence-electron chi connectivity index (χ3n) is 2.84. The summed E-state index contributed by atoms with van der Waals surface area (Å²) in [6.07, 6.45) is 0. The first-order valence-electron chi connectivity index (χ1n) is 5.23. The van der Waals surface area contributed by atoms with Crippen molar-refractivity contribution in [2.45, 2.75) is 13.8 Å². The van der Waals surface area contributed by atoms with E-state index in [1.165, 1.54) is 0 Å². The fraction of sp³-hybridized carbons (Fsp3) is 0.167. The van der Waals surface area contributed by atoms with Crippen LogP contribution in [-0.2, 0) is 0 Å². The summed E-state index contributed by atoms with van der Waals surface area (Å²) in [5.74, 6) is 0.844. The maximum atomic E-state index is 5.19. The highest BCUT2D eigenvalue weighted by molar-refractivity contribution is 14.1. The molecule has 0 spiro atoms. The van der Waals surface area contributed by atoms with Crippen molar-refractivity contribution in [1.82, 2.24) is 15.4 Å². The first-order valence-corrected chi connectivity index (χ1v) is 6.31. The van der Waals surface area contributed by atoms with Crippen LogP contribution in [0.2, 0.25) is 0 Å². The average molecular weight is 339 g/mol. The summed E-state index contributed by atoms with van der Waals surface area (Å²) in [5.41, 5.74) is 4.12. The van der Waals surface area contributed by atoms with Crippen molar-refractivity contribution in [1.29, 1.82) is 0 Å². The minimum Gasteiger partial charge on any atom is -0.361 e. The predicted molar refractivity (Wildman–Crippen MR) is 73.8 cm³/mol. The fourth-order valence-corrected chi connectivity index (χ4v) is 2.63. The lowest BCUT2D eigenvalue weighted by atomic mass is 10.0. The molecule has 2 heterocycles. The van der Waals surface area contributed by atoms with Crippen molar-refractivity contribution in [3.05, 3.63) is 33.4 Å². The molecule has 5 heteroatoms. The van der Waals surface area contributed by atoms with Crippen LogP contribution in [0.3, 0.4) is 0 Å². The summed E-state index contributed by atoms with van der Waals surface area (Å²) in [4.78, 5) is 0. The summed E-state index contributed by atoms with van der Waals surface area (Å²) in [5, 5.41) is 12.3. The van der Waals surface area contributed by atoms with Crippen molar-refractivity contribution in [3.63, 3.8) is 0 Å². The molecule has 0 amide bonds. The Hall–Kier alpha value is -1.37. The number of hydrogen-bond acceptors (Lipinski definition) is 3. The van der Waals surface area contributed by atoms with E-state index >= 15 is 0 Å². The van der Waals surface area contributed by atoms with E-state index in [4.69, 9.17) is 4.52 Å². The minimum absolute atomic E-state index is 0.844. The van der Waals surface area contributed by atoms with Crippen LogP contribution in [0, 0.1) is 17.5 Å². The van der Waals surface area contributed by atoms with Gasteiger partial charge in [-0.2, -0.15) is 5.10 Å². The number of halogens is 1. The zero-order valence-corrected chi connectivity index (χ0v) is 11.6. The maximum Gasteiger partial charge on any atom is 0.141 e. The van der Waals surface area contributed by atoms with Gasteiger partial charge in [-0.25, -0.2) is 0 Å². The van der Waals surface area contributed by atoms with Gasteiger partial charge in [0, 0.05) is 10.9 Å². The Labute approximate surface area is 112 Å². The van der Waals surface area contributed by atoms with Crippen LogP contribution in [0.25, 0.3) is 22.0 Å². The molecule has 17 heavy (non-hydrogen) atoms. The number of fused-ring (bicyclic) bond motifs is 1. The first-order chi connectivity index (χ1) is 8.16. The molecule has 0 radical (unpaired) electrons. The number of aryl methyl sites for hydroxylation is 2. The van der Waals surface area contributed by atoms with Gasteiger partial charge in [0.05, 0.1) is 11.2 Å². The highest BCUT2D eigenvalue weighted by atomic mass is 127. The van der Waals surface area contributed by atoms with E-state index < -0.39 is 0 Å². The van der Waals surface area contributed by atoms with Crippen LogP contribution in [0.4, 0.5) is 0 Å². The fourth-order valence-electron chi connectivity index (χ4n) is 2.04. The molecule has 2 aromatic heterocycles. The molecule has 0 saturated carbocycles. The molecular formula is C12H10IN3O. The highest BCUT2D eigenvalue weighted by Gasteiger charge is 2.12. The molecule has 3 aromatic rings. The molecule has 0 atom stereocenters. The van der Waals surface area contributed by atoms with Gasteiger partial charge in [0.2, 0.25) is 0 Å². The monoisotopic (exact) mass is 339 g/mol. The lowest BCUT2D eigenvalue weighted by Crippen LogP contribution is -1.82. The lowest BCUT2D eigenvalue weighted by Gasteiger charge is -2.00. The van der Waals surface area contributed by atoms with Crippen molar-refractivity contribution < 1.29 is 4.52 Å². The molecule has 0 aliphatic heterocycles. The second-order valence-electron chi connectivity index (χ2n) is 3.97. The molecule has 1 N–H and O–H groups in total. The normalized spacial score (nSPS) is 11.2. The maximum absolute atomic E-state index is 5.19. The second-order valence-corrected chi connectivity index (χ2v) is 5.00. The van der Waals surface area contributed by atoms with Crippen molar-refractivity contribution in [3.8, 4) is 11.1 Å². The number of benzene rings is 1. The summed E-state index contributed by atoms with van der Waals surface area (Å²) in [7, 11) is 0. The molecule has 4 nitrogen and oxygen atoms in total. The summed E-state index contributed by atoms with van der Waals surface area (Å²) in [6.45, 7) is 3.88. The van der Waals surface area contributed by atoms with Gasteiger partial charge in [-0.15, -0.1) is 0 Å². The number of aromatic amines is 1. The standard InChI is InChI=1S/C12H10IN3O/c1-6-11(7(2)17-16-6)8-3-4-9-10(5-8)14-15-12(9)13/h3-5H,1-2H3,(H,14,15).